The zero-order valence-electron chi connectivity index (χ0n) is 16.1. The Morgan fingerprint density at radius 1 is 0.636 bits per heavy atom. The third-order valence-corrected chi connectivity index (χ3v) is 4.56. The zero-order valence-corrected chi connectivity index (χ0v) is 16.1. The molecule has 0 fully saturated rings. The van der Waals surface area contributed by atoms with Gasteiger partial charge < -0.3 is 5.32 Å². The standard InChI is InChI=1S/C20H44N2/c1-5-9-12-13-14-15-16-17-20(21-8-4)22(18-10-6-2)19-11-7-3/h20-21H,5-19H2,1-4H3. The molecule has 1 unspecified atom stereocenters. The van der Waals surface area contributed by atoms with Crippen LogP contribution in [0.15, 0.2) is 0 Å². The number of unbranched alkanes of at least 4 members (excludes halogenated alkanes) is 8. The summed E-state index contributed by atoms with van der Waals surface area (Å²) >= 11 is 0. The average Bonchev–Trinajstić information content (AvgIpc) is 2.53. The summed E-state index contributed by atoms with van der Waals surface area (Å²) in [6.45, 7) is 12.8. The van der Waals surface area contributed by atoms with Crippen molar-refractivity contribution in [1.82, 2.24) is 10.2 Å². The fraction of sp³-hybridized carbons (Fsp3) is 1.00. The minimum Gasteiger partial charge on any atom is -0.302 e. The SMILES string of the molecule is CCCCCCCCCC(NCC)N(CCCC)CCCC. The molecule has 0 bridgehead atoms. The van der Waals surface area contributed by atoms with Crippen LogP contribution in [0, 0.1) is 0 Å². The molecule has 0 aliphatic carbocycles. The van der Waals surface area contributed by atoms with E-state index in [-0.39, 0.29) is 0 Å². The highest BCUT2D eigenvalue weighted by Gasteiger charge is 2.15. The van der Waals surface area contributed by atoms with Crippen LogP contribution in [0.5, 0.6) is 0 Å². The van der Waals surface area contributed by atoms with Gasteiger partial charge in [-0.05, 0) is 38.9 Å². The molecule has 2 nitrogen and oxygen atoms in total. The lowest BCUT2D eigenvalue weighted by Crippen LogP contribution is -2.46. The lowest BCUT2D eigenvalue weighted by Gasteiger charge is -2.32. The predicted molar refractivity (Wildman–Crippen MR) is 101 cm³/mol. The van der Waals surface area contributed by atoms with E-state index in [1.54, 1.807) is 0 Å². The lowest BCUT2D eigenvalue weighted by atomic mass is 10.1. The fourth-order valence-electron chi connectivity index (χ4n) is 3.09. The highest BCUT2D eigenvalue weighted by Crippen LogP contribution is 2.13. The Morgan fingerprint density at radius 3 is 1.64 bits per heavy atom. The van der Waals surface area contributed by atoms with Crippen LogP contribution < -0.4 is 5.32 Å². The molecule has 0 radical (unpaired) electrons. The molecular weight excluding hydrogens is 268 g/mol. The molecule has 0 aliphatic rings. The van der Waals surface area contributed by atoms with Crippen LogP contribution in [0.25, 0.3) is 0 Å². The Balaban J connectivity index is 4.04. The molecule has 2 heteroatoms. The van der Waals surface area contributed by atoms with Crippen LogP contribution in [-0.2, 0) is 0 Å². The van der Waals surface area contributed by atoms with Crippen LogP contribution in [0.4, 0.5) is 0 Å². The highest BCUT2D eigenvalue weighted by molar-refractivity contribution is 4.70. The summed E-state index contributed by atoms with van der Waals surface area (Å²) in [4.78, 5) is 2.72. The van der Waals surface area contributed by atoms with Gasteiger partial charge in [0.1, 0.15) is 0 Å². The first kappa shape index (κ1) is 21.9. The van der Waals surface area contributed by atoms with Gasteiger partial charge in [-0.3, -0.25) is 4.90 Å². The molecule has 0 aromatic heterocycles. The van der Waals surface area contributed by atoms with Gasteiger partial charge in [-0.1, -0.05) is 85.5 Å². The Hall–Kier alpha value is -0.0800. The van der Waals surface area contributed by atoms with E-state index in [1.165, 1.54) is 90.1 Å². The summed E-state index contributed by atoms with van der Waals surface area (Å²) in [5.41, 5.74) is 0. The van der Waals surface area contributed by atoms with Gasteiger partial charge in [0.15, 0.2) is 0 Å². The smallest absolute Gasteiger partial charge is 0.0596 e. The monoisotopic (exact) mass is 312 g/mol. The first-order chi connectivity index (χ1) is 10.8. The van der Waals surface area contributed by atoms with Gasteiger partial charge in [-0.15, -0.1) is 0 Å². The second-order valence-electron chi connectivity index (χ2n) is 6.73. The van der Waals surface area contributed by atoms with E-state index in [2.05, 4.69) is 37.9 Å². The second-order valence-corrected chi connectivity index (χ2v) is 6.73. The van der Waals surface area contributed by atoms with Gasteiger partial charge in [-0.2, -0.15) is 0 Å². The molecule has 0 aromatic rings. The minimum absolute atomic E-state index is 0.610. The first-order valence-corrected chi connectivity index (χ1v) is 10.3. The second kappa shape index (κ2) is 17.3. The summed E-state index contributed by atoms with van der Waals surface area (Å²) in [5.74, 6) is 0. The molecule has 0 aliphatic heterocycles. The number of nitrogens with one attached hydrogen (secondary N) is 1. The van der Waals surface area contributed by atoms with Crippen molar-refractivity contribution < 1.29 is 0 Å². The molecule has 134 valence electrons. The van der Waals surface area contributed by atoms with Gasteiger partial charge >= 0.3 is 0 Å². The topological polar surface area (TPSA) is 15.3 Å². The van der Waals surface area contributed by atoms with Crippen molar-refractivity contribution in [2.75, 3.05) is 19.6 Å². The summed E-state index contributed by atoms with van der Waals surface area (Å²) < 4.78 is 0. The summed E-state index contributed by atoms with van der Waals surface area (Å²) in [7, 11) is 0. The van der Waals surface area contributed by atoms with Crippen LogP contribution in [0.2, 0.25) is 0 Å². The Kier molecular flexibility index (Phi) is 17.2. The Morgan fingerprint density at radius 2 is 1.14 bits per heavy atom. The number of rotatable bonds is 17. The van der Waals surface area contributed by atoms with E-state index in [0.717, 1.165) is 6.54 Å². The fourth-order valence-corrected chi connectivity index (χ4v) is 3.09. The van der Waals surface area contributed by atoms with Gasteiger partial charge in [0, 0.05) is 0 Å². The third kappa shape index (κ3) is 12.5. The van der Waals surface area contributed by atoms with E-state index in [1.807, 2.05) is 0 Å². The van der Waals surface area contributed by atoms with E-state index >= 15 is 0 Å². The first-order valence-electron chi connectivity index (χ1n) is 10.3. The predicted octanol–water partition coefficient (Wildman–Crippen LogP) is 5.96. The maximum Gasteiger partial charge on any atom is 0.0596 e. The largest absolute Gasteiger partial charge is 0.302 e. The Bertz CT molecular complexity index is 198. The number of nitrogens with zero attached hydrogens (tertiary/aromatic N) is 1. The molecular formula is C20H44N2. The van der Waals surface area contributed by atoms with E-state index in [4.69, 9.17) is 0 Å². The van der Waals surface area contributed by atoms with E-state index in [9.17, 15) is 0 Å². The molecule has 0 saturated carbocycles. The molecule has 1 N–H and O–H groups in total. The van der Waals surface area contributed by atoms with E-state index < -0.39 is 0 Å². The summed E-state index contributed by atoms with van der Waals surface area (Å²) in [5, 5.41) is 3.74. The van der Waals surface area contributed by atoms with Crippen molar-refractivity contribution in [3.63, 3.8) is 0 Å². The van der Waals surface area contributed by atoms with Crippen LogP contribution in [0.3, 0.4) is 0 Å². The Labute approximate surface area is 141 Å². The summed E-state index contributed by atoms with van der Waals surface area (Å²) in [6, 6.07) is 0. The molecule has 0 amide bonds. The van der Waals surface area contributed by atoms with Crippen LogP contribution >= 0.6 is 0 Å². The minimum atomic E-state index is 0.610. The maximum atomic E-state index is 3.74. The van der Waals surface area contributed by atoms with Gasteiger partial charge in [0.05, 0.1) is 6.17 Å². The third-order valence-electron chi connectivity index (χ3n) is 4.56. The van der Waals surface area contributed by atoms with Crippen molar-refractivity contribution in [3.8, 4) is 0 Å². The summed E-state index contributed by atoms with van der Waals surface area (Å²) in [6.07, 6.45) is 17.1. The highest BCUT2D eigenvalue weighted by atomic mass is 15.3. The quantitative estimate of drug-likeness (QED) is 0.263. The number of hydrogen-bond donors (Lipinski definition) is 1. The zero-order chi connectivity index (χ0) is 16.5. The van der Waals surface area contributed by atoms with Crippen molar-refractivity contribution in [1.29, 1.82) is 0 Å². The normalized spacial score (nSPS) is 13.0. The molecule has 1 atom stereocenters. The molecule has 0 aromatic carbocycles. The maximum absolute atomic E-state index is 3.74. The molecule has 0 heterocycles. The van der Waals surface area contributed by atoms with Crippen molar-refractivity contribution in [3.05, 3.63) is 0 Å². The van der Waals surface area contributed by atoms with Crippen LogP contribution in [0.1, 0.15) is 105 Å². The lowest BCUT2D eigenvalue weighted by molar-refractivity contribution is 0.149. The molecule has 0 spiro atoms. The van der Waals surface area contributed by atoms with Gasteiger partial charge in [0.25, 0.3) is 0 Å². The average molecular weight is 313 g/mol. The van der Waals surface area contributed by atoms with Crippen LogP contribution in [-0.4, -0.2) is 30.7 Å². The molecule has 22 heavy (non-hydrogen) atoms. The number of hydrogen-bond acceptors (Lipinski definition) is 2. The van der Waals surface area contributed by atoms with Crippen molar-refractivity contribution in [2.24, 2.45) is 0 Å². The molecule has 0 saturated heterocycles. The van der Waals surface area contributed by atoms with Gasteiger partial charge in [-0.25, -0.2) is 0 Å². The van der Waals surface area contributed by atoms with Gasteiger partial charge in [0.2, 0.25) is 0 Å². The van der Waals surface area contributed by atoms with Crippen molar-refractivity contribution >= 4 is 0 Å². The molecule has 0 rings (SSSR count). The van der Waals surface area contributed by atoms with Crippen molar-refractivity contribution in [2.45, 2.75) is 111 Å². The van der Waals surface area contributed by atoms with E-state index in [0.29, 0.717) is 6.17 Å².